The first-order valence-electron chi connectivity index (χ1n) is 6.63. The molecule has 2 nitrogen and oxygen atoms in total. The van der Waals surface area contributed by atoms with Crippen LogP contribution in [-0.4, -0.2) is 17.4 Å². The van der Waals surface area contributed by atoms with Crippen molar-refractivity contribution in [1.29, 1.82) is 0 Å². The number of hydrogen-bond acceptors (Lipinski definition) is 1. The van der Waals surface area contributed by atoms with Gasteiger partial charge in [-0.15, -0.1) is 0 Å². The molecule has 0 spiro atoms. The van der Waals surface area contributed by atoms with E-state index in [1.165, 1.54) is 11.1 Å². The van der Waals surface area contributed by atoms with Gasteiger partial charge in [-0.25, -0.2) is 0 Å². The summed E-state index contributed by atoms with van der Waals surface area (Å²) in [6.45, 7) is 7.26. The summed E-state index contributed by atoms with van der Waals surface area (Å²) in [4.78, 5) is 14.0. The van der Waals surface area contributed by atoms with E-state index >= 15 is 0 Å². The molecule has 0 saturated heterocycles. The second kappa shape index (κ2) is 5.38. The Bertz CT molecular complexity index is 447. The Morgan fingerprint density at radius 3 is 2.44 bits per heavy atom. The van der Waals surface area contributed by atoms with Gasteiger partial charge < -0.3 is 4.90 Å². The lowest BCUT2D eigenvalue weighted by molar-refractivity contribution is -0.126. The smallest absolute Gasteiger partial charge is 0.247 e. The SMILES string of the molecule is CC(C)CC1=CC(=O)N([C@H](C)c2ccccc2)C1. The average Bonchev–Trinajstić information content (AvgIpc) is 2.69. The van der Waals surface area contributed by atoms with Crippen LogP contribution in [0.5, 0.6) is 0 Å². The highest BCUT2D eigenvalue weighted by molar-refractivity contribution is 5.91. The van der Waals surface area contributed by atoms with Gasteiger partial charge in [0.2, 0.25) is 5.91 Å². The molecule has 96 valence electrons. The van der Waals surface area contributed by atoms with Crippen LogP contribution in [0.1, 0.15) is 38.8 Å². The lowest BCUT2D eigenvalue weighted by atomic mass is 10.0. The number of nitrogens with zero attached hydrogens (tertiary/aromatic N) is 1. The predicted molar refractivity (Wildman–Crippen MR) is 74.1 cm³/mol. The number of rotatable bonds is 4. The van der Waals surface area contributed by atoms with E-state index in [1.807, 2.05) is 29.2 Å². The molecule has 2 heteroatoms. The van der Waals surface area contributed by atoms with Crippen LogP contribution in [-0.2, 0) is 4.79 Å². The van der Waals surface area contributed by atoms with Crippen molar-refractivity contribution in [2.24, 2.45) is 5.92 Å². The molecule has 0 N–H and O–H groups in total. The van der Waals surface area contributed by atoms with Gasteiger partial charge in [0.05, 0.1) is 6.04 Å². The molecule has 1 atom stereocenters. The largest absolute Gasteiger partial charge is 0.328 e. The quantitative estimate of drug-likeness (QED) is 0.791. The van der Waals surface area contributed by atoms with E-state index in [9.17, 15) is 4.79 Å². The van der Waals surface area contributed by atoms with E-state index in [0.717, 1.165) is 13.0 Å². The van der Waals surface area contributed by atoms with Gasteiger partial charge in [0.1, 0.15) is 0 Å². The number of carbonyl (C=O) groups is 1. The molecule has 0 unspecified atom stereocenters. The summed E-state index contributed by atoms with van der Waals surface area (Å²) in [6, 6.07) is 10.4. The normalized spacial score (nSPS) is 17.2. The van der Waals surface area contributed by atoms with Gasteiger partial charge in [0.25, 0.3) is 0 Å². The maximum atomic E-state index is 12.0. The highest BCUT2D eigenvalue weighted by atomic mass is 16.2. The highest BCUT2D eigenvalue weighted by Crippen LogP contribution is 2.27. The lowest BCUT2D eigenvalue weighted by Gasteiger charge is -2.25. The number of benzene rings is 1. The molecule has 1 aliphatic heterocycles. The Balaban J connectivity index is 2.06. The third-order valence-electron chi connectivity index (χ3n) is 3.40. The highest BCUT2D eigenvalue weighted by Gasteiger charge is 2.26. The van der Waals surface area contributed by atoms with Gasteiger partial charge in [-0.05, 0) is 30.4 Å². The molecule has 0 fully saturated rings. The van der Waals surface area contributed by atoms with Gasteiger partial charge >= 0.3 is 0 Å². The van der Waals surface area contributed by atoms with E-state index in [0.29, 0.717) is 5.92 Å². The van der Waals surface area contributed by atoms with Crippen LogP contribution in [0.3, 0.4) is 0 Å². The van der Waals surface area contributed by atoms with Crippen molar-refractivity contribution in [2.45, 2.75) is 33.2 Å². The molecule has 1 amide bonds. The molecular weight excluding hydrogens is 222 g/mol. The average molecular weight is 243 g/mol. The monoisotopic (exact) mass is 243 g/mol. The fourth-order valence-electron chi connectivity index (χ4n) is 2.49. The van der Waals surface area contributed by atoms with Crippen LogP contribution in [0.2, 0.25) is 0 Å². The van der Waals surface area contributed by atoms with E-state index in [1.54, 1.807) is 0 Å². The first-order valence-corrected chi connectivity index (χ1v) is 6.63. The van der Waals surface area contributed by atoms with Crippen LogP contribution in [0.15, 0.2) is 42.0 Å². The summed E-state index contributed by atoms with van der Waals surface area (Å²) in [5, 5.41) is 0. The Labute approximate surface area is 109 Å². The van der Waals surface area contributed by atoms with Crippen molar-refractivity contribution in [3.63, 3.8) is 0 Å². The third-order valence-corrected chi connectivity index (χ3v) is 3.40. The van der Waals surface area contributed by atoms with E-state index in [4.69, 9.17) is 0 Å². The Hall–Kier alpha value is -1.57. The third kappa shape index (κ3) is 2.81. The van der Waals surface area contributed by atoms with Gasteiger partial charge in [0, 0.05) is 12.6 Å². The molecule has 1 aromatic carbocycles. The van der Waals surface area contributed by atoms with E-state index in [-0.39, 0.29) is 11.9 Å². The fraction of sp³-hybridized carbons (Fsp3) is 0.438. The van der Waals surface area contributed by atoms with Crippen molar-refractivity contribution in [1.82, 2.24) is 4.90 Å². The van der Waals surface area contributed by atoms with Crippen molar-refractivity contribution in [2.75, 3.05) is 6.54 Å². The molecule has 18 heavy (non-hydrogen) atoms. The van der Waals surface area contributed by atoms with Gasteiger partial charge in [0.15, 0.2) is 0 Å². The lowest BCUT2D eigenvalue weighted by Crippen LogP contribution is -2.29. The summed E-state index contributed by atoms with van der Waals surface area (Å²) in [7, 11) is 0. The first-order chi connectivity index (χ1) is 8.58. The molecule has 0 saturated carbocycles. The maximum absolute atomic E-state index is 12.0. The molecule has 0 radical (unpaired) electrons. The zero-order chi connectivity index (χ0) is 13.1. The summed E-state index contributed by atoms with van der Waals surface area (Å²) >= 11 is 0. The minimum atomic E-state index is 0.152. The molecule has 0 aliphatic carbocycles. The van der Waals surface area contributed by atoms with Gasteiger partial charge in [-0.1, -0.05) is 44.2 Å². The number of amides is 1. The first kappa shape index (κ1) is 12.9. The Morgan fingerprint density at radius 2 is 1.83 bits per heavy atom. The molecular formula is C16H21NO. The van der Waals surface area contributed by atoms with E-state index in [2.05, 4.69) is 32.9 Å². The minimum Gasteiger partial charge on any atom is -0.328 e. The maximum Gasteiger partial charge on any atom is 0.247 e. The second-order valence-electron chi connectivity index (χ2n) is 5.45. The van der Waals surface area contributed by atoms with Gasteiger partial charge in [-0.3, -0.25) is 4.79 Å². The van der Waals surface area contributed by atoms with Crippen LogP contribution in [0.4, 0.5) is 0 Å². The zero-order valence-corrected chi connectivity index (χ0v) is 11.4. The van der Waals surface area contributed by atoms with Crippen molar-refractivity contribution < 1.29 is 4.79 Å². The minimum absolute atomic E-state index is 0.152. The van der Waals surface area contributed by atoms with Crippen LogP contribution < -0.4 is 0 Å². The van der Waals surface area contributed by atoms with Crippen molar-refractivity contribution in [3.05, 3.63) is 47.5 Å². The van der Waals surface area contributed by atoms with Crippen LogP contribution in [0, 0.1) is 5.92 Å². The molecule has 0 aromatic heterocycles. The Morgan fingerprint density at radius 1 is 1.17 bits per heavy atom. The fourth-order valence-corrected chi connectivity index (χ4v) is 2.49. The predicted octanol–water partition coefficient (Wildman–Crippen LogP) is 3.56. The standard InChI is InChI=1S/C16H21NO/c1-12(2)9-14-10-16(18)17(11-14)13(3)15-7-5-4-6-8-15/h4-8,10,12-13H,9,11H2,1-3H3/t13-/m1/s1. The summed E-state index contributed by atoms with van der Waals surface area (Å²) in [5.41, 5.74) is 2.46. The summed E-state index contributed by atoms with van der Waals surface area (Å²) in [5.74, 6) is 0.762. The zero-order valence-electron chi connectivity index (χ0n) is 11.4. The second-order valence-corrected chi connectivity index (χ2v) is 5.45. The van der Waals surface area contributed by atoms with E-state index < -0.39 is 0 Å². The topological polar surface area (TPSA) is 20.3 Å². The molecule has 1 heterocycles. The summed E-state index contributed by atoms with van der Waals surface area (Å²) in [6.07, 6.45) is 2.84. The van der Waals surface area contributed by atoms with Crippen LogP contribution in [0.25, 0.3) is 0 Å². The van der Waals surface area contributed by atoms with Crippen molar-refractivity contribution >= 4 is 5.91 Å². The van der Waals surface area contributed by atoms with Crippen LogP contribution >= 0.6 is 0 Å². The molecule has 1 aliphatic rings. The molecule has 1 aromatic rings. The Kier molecular flexibility index (Phi) is 3.85. The van der Waals surface area contributed by atoms with Crippen molar-refractivity contribution in [3.8, 4) is 0 Å². The number of hydrogen-bond donors (Lipinski definition) is 0. The van der Waals surface area contributed by atoms with Gasteiger partial charge in [-0.2, -0.15) is 0 Å². The molecule has 2 rings (SSSR count). The summed E-state index contributed by atoms with van der Waals surface area (Å²) < 4.78 is 0. The number of carbonyl (C=O) groups excluding carboxylic acids is 1. The molecule has 0 bridgehead atoms.